The second-order valence-corrected chi connectivity index (χ2v) is 7.67. The Morgan fingerprint density at radius 1 is 1.29 bits per heavy atom. The molecule has 0 aliphatic heterocycles. The molecular weight excluding hydrogens is 322 g/mol. The Kier molecular flexibility index (Phi) is 5.43. The molecule has 2 heterocycles. The summed E-state index contributed by atoms with van der Waals surface area (Å²) in [5.74, 6) is 2.03. The summed E-state index contributed by atoms with van der Waals surface area (Å²) >= 11 is 1.76. The van der Waals surface area contributed by atoms with Gasteiger partial charge in [-0.25, -0.2) is 15.0 Å². The number of anilines is 1. The van der Waals surface area contributed by atoms with Crippen molar-refractivity contribution in [1.82, 2.24) is 15.0 Å². The topological polar surface area (TPSA) is 86.0 Å². The fourth-order valence-electron chi connectivity index (χ4n) is 2.86. The Bertz CT molecular complexity index is 677. The standard InChI is InChI=1S/C17H25N5OS/c1-10-11(2)24-17(20-10)4-5-19-15-8-14(12-6-13(18)7-12)21-16(22-15)9-23-3/h8,12-13H,4-7,9,18H2,1-3H3,(H,19,21,22). The predicted molar refractivity (Wildman–Crippen MR) is 96.5 cm³/mol. The van der Waals surface area contributed by atoms with Gasteiger partial charge in [0, 0.05) is 48.7 Å². The van der Waals surface area contributed by atoms with Crippen LogP contribution in [0.3, 0.4) is 0 Å². The highest BCUT2D eigenvalue weighted by molar-refractivity contribution is 7.11. The summed E-state index contributed by atoms with van der Waals surface area (Å²) in [5, 5.41) is 4.57. The third-order valence-electron chi connectivity index (χ3n) is 4.38. The third kappa shape index (κ3) is 4.09. The molecular formula is C17H25N5OS. The van der Waals surface area contributed by atoms with Crippen molar-refractivity contribution < 1.29 is 4.74 Å². The van der Waals surface area contributed by atoms with Gasteiger partial charge in [-0.2, -0.15) is 0 Å². The van der Waals surface area contributed by atoms with Crippen LogP contribution in [0.1, 0.15) is 45.9 Å². The third-order valence-corrected chi connectivity index (χ3v) is 5.51. The fraction of sp³-hybridized carbons (Fsp3) is 0.588. The number of thiazole rings is 1. The molecule has 1 aliphatic rings. The molecule has 2 aromatic rings. The predicted octanol–water partition coefficient (Wildman–Crippen LogP) is 2.56. The van der Waals surface area contributed by atoms with Crippen LogP contribution in [0.25, 0.3) is 0 Å². The maximum Gasteiger partial charge on any atom is 0.156 e. The lowest BCUT2D eigenvalue weighted by atomic mass is 9.78. The van der Waals surface area contributed by atoms with E-state index < -0.39 is 0 Å². The summed E-state index contributed by atoms with van der Waals surface area (Å²) in [6.07, 6.45) is 2.90. The van der Waals surface area contributed by atoms with Crippen LogP contribution in [0.15, 0.2) is 6.07 Å². The van der Waals surface area contributed by atoms with Crippen LogP contribution >= 0.6 is 11.3 Å². The molecule has 0 unspecified atom stereocenters. The van der Waals surface area contributed by atoms with Gasteiger partial charge in [0.15, 0.2) is 5.82 Å². The minimum atomic E-state index is 0.309. The van der Waals surface area contributed by atoms with Crippen LogP contribution < -0.4 is 11.1 Å². The van der Waals surface area contributed by atoms with Crippen molar-refractivity contribution in [3.8, 4) is 0 Å². The first-order valence-electron chi connectivity index (χ1n) is 8.34. The number of nitrogens with zero attached hydrogens (tertiary/aromatic N) is 3. The lowest BCUT2D eigenvalue weighted by Gasteiger charge is -2.32. The van der Waals surface area contributed by atoms with Crippen LogP contribution in [-0.2, 0) is 17.8 Å². The first kappa shape index (κ1) is 17.3. The van der Waals surface area contributed by atoms with Gasteiger partial charge in [0.1, 0.15) is 12.4 Å². The largest absolute Gasteiger partial charge is 0.377 e. The summed E-state index contributed by atoms with van der Waals surface area (Å²) in [4.78, 5) is 15.0. The van der Waals surface area contributed by atoms with Gasteiger partial charge in [-0.15, -0.1) is 11.3 Å². The summed E-state index contributed by atoms with van der Waals surface area (Å²) in [6.45, 7) is 5.40. The average Bonchev–Trinajstić information content (AvgIpc) is 2.82. The highest BCUT2D eigenvalue weighted by atomic mass is 32.1. The first-order chi connectivity index (χ1) is 11.5. The smallest absolute Gasteiger partial charge is 0.156 e. The molecule has 0 aromatic carbocycles. The van der Waals surface area contributed by atoms with E-state index in [-0.39, 0.29) is 0 Å². The van der Waals surface area contributed by atoms with Crippen molar-refractivity contribution in [3.63, 3.8) is 0 Å². The van der Waals surface area contributed by atoms with Crippen LogP contribution in [0.2, 0.25) is 0 Å². The molecule has 130 valence electrons. The van der Waals surface area contributed by atoms with Gasteiger partial charge in [0.2, 0.25) is 0 Å². The van der Waals surface area contributed by atoms with E-state index in [2.05, 4.69) is 34.1 Å². The Balaban J connectivity index is 1.64. The molecule has 6 nitrogen and oxygen atoms in total. The average molecular weight is 347 g/mol. The van der Waals surface area contributed by atoms with Gasteiger partial charge in [-0.1, -0.05) is 0 Å². The van der Waals surface area contributed by atoms with Crippen molar-refractivity contribution in [1.29, 1.82) is 0 Å². The lowest BCUT2D eigenvalue weighted by molar-refractivity contribution is 0.177. The quantitative estimate of drug-likeness (QED) is 0.800. The van der Waals surface area contributed by atoms with Gasteiger partial charge >= 0.3 is 0 Å². The van der Waals surface area contributed by atoms with E-state index >= 15 is 0 Å². The molecule has 0 bridgehead atoms. The minimum Gasteiger partial charge on any atom is -0.377 e. The van der Waals surface area contributed by atoms with Crippen LogP contribution in [0, 0.1) is 13.8 Å². The SMILES string of the molecule is COCc1nc(NCCc2nc(C)c(C)s2)cc(C2CC(N)C2)n1. The van der Waals surface area contributed by atoms with Crippen molar-refractivity contribution in [3.05, 3.63) is 33.2 Å². The number of nitrogens with one attached hydrogen (secondary N) is 1. The zero-order valence-corrected chi connectivity index (χ0v) is 15.3. The highest BCUT2D eigenvalue weighted by Gasteiger charge is 2.29. The minimum absolute atomic E-state index is 0.309. The van der Waals surface area contributed by atoms with E-state index in [4.69, 9.17) is 10.5 Å². The summed E-state index contributed by atoms with van der Waals surface area (Å²) in [7, 11) is 1.66. The molecule has 0 atom stereocenters. The molecule has 0 spiro atoms. The Hall–Kier alpha value is -1.57. The number of methoxy groups -OCH3 is 1. The number of hydrogen-bond acceptors (Lipinski definition) is 7. The van der Waals surface area contributed by atoms with E-state index in [9.17, 15) is 0 Å². The van der Waals surface area contributed by atoms with E-state index in [0.29, 0.717) is 18.6 Å². The molecule has 0 amide bonds. The summed E-state index contributed by atoms with van der Waals surface area (Å²) in [5.41, 5.74) is 8.11. The van der Waals surface area contributed by atoms with Crippen LogP contribution in [0.5, 0.6) is 0 Å². The molecule has 3 rings (SSSR count). The second kappa shape index (κ2) is 7.55. The molecule has 3 N–H and O–H groups in total. The van der Waals surface area contributed by atoms with Gasteiger partial charge < -0.3 is 15.8 Å². The van der Waals surface area contributed by atoms with Crippen molar-refractivity contribution >= 4 is 17.2 Å². The van der Waals surface area contributed by atoms with E-state index in [1.165, 1.54) is 4.88 Å². The molecule has 1 fully saturated rings. The van der Waals surface area contributed by atoms with E-state index in [0.717, 1.165) is 53.8 Å². The highest BCUT2D eigenvalue weighted by Crippen LogP contribution is 2.35. The molecule has 0 radical (unpaired) electrons. The van der Waals surface area contributed by atoms with Crippen molar-refractivity contribution in [2.24, 2.45) is 5.73 Å². The van der Waals surface area contributed by atoms with Gasteiger partial charge in [-0.05, 0) is 26.7 Å². The van der Waals surface area contributed by atoms with E-state index in [1.54, 1.807) is 18.4 Å². The zero-order valence-electron chi connectivity index (χ0n) is 14.5. The Labute approximate surface area is 146 Å². The number of rotatable bonds is 7. The number of ether oxygens (including phenoxy) is 1. The molecule has 24 heavy (non-hydrogen) atoms. The lowest BCUT2D eigenvalue weighted by Crippen LogP contribution is -2.35. The Morgan fingerprint density at radius 2 is 2.08 bits per heavy atom. The number of aromatic nitrogens is 3. The zero-order chi connectivity index (χ0) is 17.1. The van der Waals surface area contributed by atoms with E-state index in [1.807, 2.05) is 6.07 Å². The van der Waals surface area contributed by atoms with Crippen LogP contribution in [0.4, 0.5) is 5.82 Å². The van der Waals surface area contributed by atoms with Crippen molar-refractivity contribution in [2.45, 2.75) is 51.7 Å². The summed E-state index contributed by atoms with van der Waals surface area (Å²) < 4.78 is 5.19. The molecule has 2 aromatic heterocycles. The number of nitrogens with two attached hydrogens (primary N) is 1. The van der Waals surface area contributed by atoms with Crippen LogP contribution in [-0.4, -0.2) is 34.6 Å². The number of hydrogen-bond donors (Lipinski definition) is 2. The van der Waals surface area contributed by atoms with Gasteiger partial charge in [-0.3, -0.25) is 0 Å². The molecule has 0 saturated heterocycles. The second-order valence-electron chi connectivity index (χ2n) is 6.38. The monoisotopic (exact) mass is 347 g/mol. The molecule has 7 heteroatoms. The number of aryl methyl sites for hydroxylation is 2. The van der Waals surface area contributed by atoms with Gasteiger partial charge in [0.05, 0.1) is 10.7 Å². The van der Waals surface area contributed by atoms with Crippen molar-refractivity contribution in [2.75, 3.05) is 19.0 Å². The van der Waals surface area contributed by atoms with Gasteiger partial charge in [0.25, 0.3) is 0 Å². The normalized spacial score (nSPS) is 20.0. The maximum absolute atomic E-state index is 5.91. The maximum atomic E-state index is 5.91. The summed E-state index contributed by atoms with van der Waals surface area (Å²) in [6, 6.07) is 2.36. The molecule has 1 saturated carbocycles. The fourth-order valence-corrected chi connectivity index (χ4v) is 3.79. The first-order valence-corrected chi connectivity index (χ1v) is 9.16. The Morgan fingerprint density at radius 3 is 2.71 bits per heavy atom. The molecule has 1 aliphatic carbocycles.